The molecule has 4 rings (SSSR count). The van der Waals surface area contributed by atoms with Gasteiger partial charge in [0, 0.05) is 37.6 Å². The Morgan fingerprint density at radius 2 is 2.03 bits per heavy atom. The molecular formula is C22H21N5O6. The Morgan fingerprint density at radius 3 is 2.85 bits per heavy atom. The van der Waals surface area contributed by atoms with Crippen LogP contribution in [-0.2, 0) is 27.3 Å². The standard InChI is InChI=1S/C22H21N5O6/c28-14-7-13-6-12(4-5-16(13)33-10-14)8-24-22(32)21-20-19(25-11-26-21)15(9-23-20)27-17(29)2-1-3-18(30)31/h4-6,9,11,23H,1-3,7-8,10H2,(H,24,32)(H,27,29)(H,30,31). The number of carbonyl (C=O) groups is 4. The number of carboxylic acid groups (broad SMARTS) is 1. The number of aliphatic carboxylic acids is 1. The molecule has 11 heteroatoms. The molecule has 0 saturated carbocycles. The Labute approximate surface area is 187 Å². The first-order valence-corrected chi connectivity index (χ1v) is 10.3. The molecule has 0 aliphatic carbocycles. The summed E-state index contributed by atoms with van der Waals surface area (Å²) in [5.41, 5.74) is 2.82. The Bertz CT molecular complexity index is 1250. The summed E-state index contributed by atoms with van der Waals surface area (Å²) in [6, 6.07) is 5.43. The van der Waals surface area contributed by atoms with Gasteiger partial charge in [0.05, 0.1) is 11.2 Å². The summed E-state index contributed by atoms with van der Waals surface area (Å²) in [6.45, 7) is 0.299. The van der Waals surface area contributed by atoms with Crippen molar-refractivity contribution in [3.63, 3.8) is 0 Å². The van der Waals surface area contributed by atoms with Crippen molar-refractivity contribution in [3.8, 4) is 5.75 Å². The number of H-pyrrole nitrogens is 1. The molecule has 0 atom stereocenters. The van der Waals surface area contributed by atoms with Gasteiger partial charge in [-0.3, -0.25) is 19.2 Å². The van der Waals surface area contributed by atoms with E-state index < -0.39 is 11.9 Å². The van der Waals surface area contributed by atoms with Gasteiger partial charge in [0.1, 0.15) is 24.2 Å². The number of anilines is 1. The van der Waals surface area contributed by atoms with Crippen LogP contribution in [0.1, 0.15) is 40.9 Å². The van der Waals surface area contributed by atoms with Crippen molar-refractivity contribution in [3.05, 3.63) is 47.5 Å². The van der Waals surface area contributed by atoms with Gasteiger partial charge in [-0.1, -0.05) is 6.07 Å². The van der Waals surface area contributed by atoms with Crippen molar-refractivity contribution >= 4 is 40.3 Å². The van der Waals surface area contributed by atoms with Crippen LogP contribution in [0.4, 0.5) is 5.69 Å². The monoisotopic (exact) mass is 451 g/mol. The molecule has 0 radical (unpaired) electrons. The molecule has 33 heavy (non-hydrogen) atoms. The normalized spacial score (nSPS) is 12.7. The fraction of sp³-hybridized carbons (Fsp3) is 0.273. The maximum absolute atomic E-state index is 12.8. The van der Waals surface area contributed by atoms with Gasteiger partial charge in [-0.05, 0) is 24.1 Å². The van der Waals surface area contributed by atoms with Gasteiger partial charge in [0.2, 0.25) is 5.91 Å². The number of hydrogen-bond donors (Lipinski definition) is 4. The number of carboxylic acids is 1. The van der Waals surface area contributed by atoms with E-state index in [9.17, 15) is 19.2 Å². The molecule has 0 fully saturated rings. The van der Waals surface area contributed by atoms with E-state index in [-0.39, 0.29) is 49.8 Å². The van der Waals surface area contributed by atoms with E-state index in [1.807, 2.05) is 12.1 Å². The number of nitrogens with zero attached hydrogens (tertiary/aromatic N) is 2. The molecule has 3 aromatic rings. The molecule has 11 nitrogen and oxygen atoms in total. The van der Waals surface area contributed by atoms with Crippen LogP contribution in [-0.4, -0.2) is 50.2 Å². The highest BCUT2D eigenvalue weighted by molar-refractivity contribution is 6.07. The smallest absolute Gasteiger partial charge is 0.303 e. The third kappa shape index (κ3) is 5.14. The fourth-order valence-electron chi connectivity index (χ4n) is 3.53. The zero-order valence-corrected chi connectivity index (χ0v) is 17.5. The zero-order valence-electron chi connectivity index (χ0n) is 17.5. The van der Waals surface area contributed by atoms with Crippen LogP contribution in [0.25, 0.3) is 11.0 Å². The van der Waals surface area contributed by atoms with Crippen molar-refractivity contribution in [2.45, 2.75) is 32.2 Å². The highest BCUT2D eigenvalue weighted by Gasteiger charge is 2.19. The number of ketones is 1. The summed E-state index contributed by atoms with van der Waals surface area (Å²) >= 11 is 0. The number of ether oxygens (including phenoxy) is 1. The second kappa shape index (κ2) is 9.47. The molecule has 1 aromatic carbocycles. The van der Waals surface area contributed by atoms with Crippen molar-refractivity contribution in [2.24, 2.45) is 0 Å². The summed E-state index contributed by atoms with van der Waals surface area (Å²) in [4.78, 5) is 58.1. The number of carbonyl (C=O) groups excluding carboxylic acids is 3. The van der Waals surface area contributed by atoms with Crippen molar-refractivity contribution in [1.82, 2.24) is 20.3 Å². The van der Waals surface area contributed by atoms with E-state index in [1.165, 1.54) is 12.5 Å². The topological polar surface area (TPSA) is 163 Å². The van der Waals surface area contributed by atoms with Gasteiger partial charge in [0.25, 0.3) is 5.91 Å². The summed E-state index contributed by atoms with van der Waals surface area (Å²) in [6.07, 6.45) is 3.21. The molecular weight excluding hydrogens is 430 g/mol. The molecule has 4 N–H and O–H groups in total. The third-order valence-corrected chi connectivity index (χ3v) is 5.10. The quantitative estimate of drug-likeness (QED) is 0.401. The van der Waals surface area contributed by atoms with Crippen LogP contribution in [0, 0.1) is 0 Å². The average Bonchev–Trinajstić information content (AvgIpc) is 3.19. The first kappa shape index (κ1) is 21.9. The van der Waals surface area contributed by atoms with Gasteiger partial charge < -0.3 is 25.5 Å². The average molecular weight is 451 g/mol. The lowest BCUT2D eigenvalue weighted by molar-refractivity contribution is -0.137. The second-order valence-electron chi connectivity index (χ2n) is 7.57. The number of Topliss-reactive ketones (excluding diaryl/α,β-unsaturated/α-hetero) is 1. The van der Waals surface area contributed by atoms with Gasteiger partial charge in [-0.2, -0.15) is 0 Å². The number of hydrogen-bond acceptors (Lipinski definition) is 7. The minimum atomic E-state index is -0.963. The Morgan fingerprint density at radius 1 is 1.18 bits per heavy atom. The van der Waals surface area contributed by atoms with Crippen LogP contribution in [0.2, 0.25) is 0 Å². The Kier molecular flexibility index (Phi) is 6.29. The van der Waals surface area contributed by atoms with Gasteiger partial charge in [-0.15, -0.1) is 0 Å². The lowest BCUT2D eigenvalue weighted by Crippen LogP contribution is -2.25. The lowest BCUT2D eigenvalue weighted by Gasteiger charge is -2.17. The van der Waals surface area contributed by atoms with Crippen LogP contribution in [0.15, 0.2) is 30.7 Å². The predicted octanol–water partition coefficient (Wildman–Crippen LogP) is 1.59. The highest BCUT2D eigenvalue weighted by Crippen LogP contribution is 2.25. The van der Waals surface area contributed by atoms with E-state index in [0.717, 1.165) is 11.1 Å². The molecule has 0 saturated heterocycles. The van der Waals surface area contributed by atoms with Crippen LogP contribution < -0.4 is 15.4 Å². The number of nitrogens with one attached hydrogen (secondary N) is 3. The molecule has 3 heterocycles. The van der Waals surface area contributed by atoms with Crippen LogP contribution in [0.5, 0.6) is 5.75 Å². The van der Waals surface area contributed by atoms with Gasteiger partial charge >= 0.3 is 5.97 Å². The molecule has 0 unspecified atom stereocenters. The minimum absolute atomic E-state index is 0.00332. The highest BCUT2D eigenvalue weighted by atomic mass is 16.5. The molecule has 2 amide bonds. The molecule has 0 bridgehead atoms. The van der Waals surface area contributed by atoms with Crippen molar-refractivity contribution in [1.29, 1.82) is 0 Å². The van der Waals surface area contributed by atoms with Gasteiger partial charge in [-0.25, -0.2) is 9.97 Å². The molecule has 1 aliphatic heterocycles. The summed E-state index contributed by atoms with van der Waals surface area (Å²) < 4.78 is 5.38. The number of amides is 2. The lowest BCUT2D eigenvalue weighted by atomic mass is 10.0. The molecule has 2 aromatic heterocycles. The summed E-state index contributed by atoms with van der Waals surface area (Å²) in [5.74, 6) is -1.07. The first-order valence-electron chi connectivity index (χ1n) is 10.3. The second-order valence-corrected chi connectivity index (χ2v) is 7.57. The predicted molar refractivity (Wildman–Crippen MR) is 116 cm³/mol. The maximum Gasteiger partial charge on any atom is 0.303 e. The third-order valence-electron chi connectivity index (χ3n) is 5.10. The largest absolute Gasteiger partial charge is 0.486 e. The van der Waals surface area contributed by atoms with Crippen LogP contribution in [0.3, 0.4) is 0 Å². The van der Waals surface area contributed by atoms with Gasteiger partial charge in [0.15, 0.2) is 11.5 Å². The van der Waals surface area contributed by atoms with E-state index in [1.54, 1.807) is 6.07 Å². The zero-order chi connectivity index (χ0) is 23.4. The Balaban J connectivity index is 1.42. The molecule has 170 valence electrons. The number of benzene rings is 1. The van der Waals surface area contributed by atoms with Crippen molar-refractivity contribution in [2.75, 3.05) is 11.9 Å². The maximum atomic E-state index is 12.8. The van der Waals surface area contributed by atoms with E-state index >= 15 is 0 Å². The van der Waals surface area contributed by atoms with E-state index in [2.05, 4.69) is 25.6 Å². The minimum Gasteiger partial charge on any atom is -0.486 e. The first-order chi connectivity index (χ1) is 15.9. The number of fused-ring (bicyclic) bond motifs is 2. The summed E-state index contributed by atoms with van der Waals surface area (Å²) in [5, 5.41) is 14.1. The van der Waals surface area contributed by atoms with Crippen LogP contribution >= 0.6 is 0 Å². The SMILES string of the molecule is O=C(O)CCCC(=O)Nc1c[nH]c2c(C(=O)NCc3ccc4c(c3)CC(=O)CO4)ncnc12. The van der Waals surface area contributed by atoms with E-state index in [0.29, 0.717) is 28.9 Å². The fourth-order valence-corrected chi connectivity index (χ4v) is 3.53. The number of aromatic amines is 1. The number of aromatic nitrogens is 3. The van der Waals surface area contributed by atoms with Crippen molar-refractivity contribution < 1.29 is 29.0 Å². The molecule has 0 spiro atoms. The molecule has 1 aliphatic rings. The van der Waals surface area contributed by atoms with E-state index in [4.69, 9.17) is 9.84 Å². The summed E-state index contributed by atoms with van der Waals surface area (Å²) in [7, 11) is 0. The number of rotatable bonds is 8. The Hall–Kier alpha value is -4.28.